The van der Waals surface area contributed by atoms with Crippen LogP contribution in [0.3, 0.4) is 0 Å². The summed E-state index contributed by atoms with van der Waals surface area (Å²) in [6.45, 7) is 2.07. The zero-order valence-electron chi connectivity index (χ0n) is 15.2. The molecule has 0 unspecified atom stereocenters. The first-order valence-corrected chi connectivity index (χ1v) is 7.82. The van der Waals surface area contributed by atoms with Gasteiger partial charge in [-0.3, -0.25) is 10.0 Å². The molecule has 0 aliphatic rings. The Morgan fingerprint density at radius 2 is 1.29 bits per heavy atom. The zero-order chi connectivity index (χ0) is 20.7. The summed E-state index contributed by atoms with van der Waals surface area (Å²) in [5, 5.41) is 32.2. The van der Waals surface area contributed by atoms with Crippen LogP contribution in [0.4, 0.5) is 0 Å². The number of aliphatic hydroxyl groups is 2. The van der Waals surface area contributed by atoms with Crippen molar-refractivity contribution in [2.45, 2.75) is 20.1 Å². The van der Waals surface area contributed by atoms with Gasteiger partial charge in [0.25, 0.3) is 5.91 Å². The van der Waals surface area contributed by atoms with E-state index in [1.165, 1.54) is 17.6 Å². The van der Waals surface area contributed by atoms with Gasteiger partial charge in [0.05, 0.1) is 25.4 Å². The Morgan fingerprint density at radius 1 is 0.893 bits per heavy atom. The third-order valence-electron chi connectivity index (χ3n) is 3.15. The lowest BCUT2D eigenvalue weighted by Gasteiger charge is -2.01. The molecular formula is C18H25ClN2O7. The molecule has 0 saturated carbocycles. The number of amides is 1. The molecule has 2 aromatic carbocycles. The summed E-state index contributed by atoms with van der Waals surface area (Å²) < 4.78 is 4.80. The fourth-order valence-electron chi connectivity index (χ4n) is 1.79. The zero-order valence-corrected chi connectivity index (χ0v) is 16.1. The summed E-state index contributed by atoms with van der Waals surface area (Å²) in [4.78, 5) is 21.9. The monoisotopic (exact) mass is 416 g/mol. The average Bonchev–Trinajstić information content (AvgIpc) is 2.75. The van der Waals surface area contributed by atoms with E-state index in [-0.39, 0.29) is 31.6 Å². The summed E-state index contributed by atoms with van der Waals surface area (Å²) in [7, 11) is 0. The van der Waals surface area contributed by atoms with Crippen LogP contribution >= 0.6 is 12.4 Å². The van der Waals surface area contributed by atoms with Crippen molar-refractivity contribution in [1.82, 2.24) is 5.48 Å². The molecule has 0 fully saturated rings. The van der Waals surface area contributed by atoms with E-state index in [1.807, 2.05) is 0 Å². The number of esters is 1. The van der Waals surface area contributed by atoms with Crippen molar-refractivity contribution in [3.63, 3.8) is 0 Å². The predicted octanol–water partition coefficient (Wildman–Crippen LogP) is 1.41. The van der Waals surface area contributed by atoms with Crippen LogP contribution in [0.2, 0.25) is 0 Å². The lowest BCUT2D eigenvalue weighted by atomic mass is 10.1. The first-order chi connectivity index (χ1) is 13.0. The number of benzene rings is 2. The molecule has 0 aromatic heterocycles. The minimum Gasteiger partial charge on any atom is -0.462 e. The minimum absolute atomic E-state index is 0. The topological polar surface area (TPSA) is 162 Å². The Bertz CT molecular complexity index is 679. The van der Waals surface area contributed by atoms with E-state index in [9.17, 15) is 9.59 Å². The lowest BCUT2D eigenvalue weighted by Crippen LogP contribution is -2.18. The van der Waals surface area contributed by atoms with E-state index in [2.05, 4.69) is 5.90 Å². The Kier molecular flexibility index (Phi) is 16.4. The summed E-state index contributed by atoms with van der Waals surface area (Å²) >= 11 is 0. The van der Waals surface area contributed by atoms with Gasteiger partial charge in [0.15, 0.2) is 0 Å². The molecule has 0 aliphatic carbocycles. The van der Waals surface area contributed by atoms with Gasteiger partial charge in [-0.05, 0) is 42.3 Å². The molecule has 0 spiro atoms. The quantitative estimate of drug-likeness (QED) is 0.242. The maximum atomic E-state index is 11.2. The number of nitrogens with one attached hydrogen (secondary N) is 1. The maximum absolute atomic E-state index is 11.2. The van der Waals surface area contributed by atoms with Gasteiger partial charge < -0.3 is 20.2 Å². The van der Waals surface area contributed by atoms with Gasteiger partial charge in [-0.1, -0.05) is 24.3 Å². The Labute approximate surface area is 168 Å². The van der Waals surface area contributed by atoms with Gasteiger partial charge >= 0.3 is 5.97 Å². The van der Waals surface area contributed by atoms with E-state index in [1.54, 1.807) is 43.3 Å². The smallest absolute Gasteiger partial charge is 0.338 e. The van der Waals surface area contributed by atoms with Crippen molar-refractivity contribution in [3.8, 4) is 0 Å². The van der Waals surface area contributed by atoms with Crippen LogP contribution in [0.15, 0.2) is 48.5 Å². The number of hydrogen-bond acceptors (Lipinski definition) is 8. The first-order valence-electron chi connectivity index (χ1n) is 7.82. The molecule has 1 amide bonds. The van der Waals surface area contributed by atoms with Crippen molar-refractivity contribution < 1.29 is 35.0 Å². The average molecular weight is 417 g/mol. The second-order valence-corrected chi connectivity index (χ2v) is 4.87. The molecule has 10 heteroatoms. The number of hydroxylamine groups is 1. The standard InChI is InChI=1S/C10H12O3.C8H9NO3.ClH.H3NO/c1-2-13-10(12)9-5-3-8(7-11)4-6-9;10-5-6-1-3-7(4-2-6)8(11)9-12;;1-2/h3-6,11H,2,7H2,1H3;1-4,10,12H,5H2,(H,9,11);1H;2H,1H2. The van der Waals surface area contributed by atoms with Crippen LogP contribution in [0.25, 0.3) is 0 Å². The summed E-state index contributed by atoms with van der Waals surface area (Å²) in [5.41, 5.74) is 3.90. The van der Waals surface area contributed by atoms with Gasteiger partial charge in [-0.25, -0.2) is 16.2 Å². The fraction of sp³-hybridized carbons (Fsp3) is 0.222. The number of carbonyl (C=O) groups excluding carboxylic acids is 2. The minimum atomic E-state index is -0.556. The first kappa shape index (κ1) is 27.7. The number of aliphatic hydroxyl groups excluding tert-OH is 2. The summed E-state index contributed by atoms with van der Waals surface area (Å²) in [5.74, 6) is 2.62. The van der Waals surface area contributed by atoms with Gasteiger partial charge in [0.2, 0.25) is 0 Å². The maximum Gasteiger partial charge on any atom is 0.338 e. The highest BCUT2D eigenvalue weighted by Gasteiger charge is 2.04. The molecule has 0 radical (unpaired) electrons. The Morgan fingerprint density at radius 3 is 1.61 bits per heavy atom. The highest BCUT2D eigenvalue weighted by atomic mass is 35.5. The second kappa shape index (κ2) is 16.6. The van der Waals surface area contributed by atoms with Crippen LogP contribution in [0.5, 0.6) is 0 Å². The lowest BCUT2D eigenvalue weighted by molar-refractivity contribution is 0.0526. The van der Waals surface area contributed by atoms with Crippen molar-refractivity contribution in [2.24, 2.45) is 5.90 Å². The third kappa shape index (κ3) is 9.97. The molecule has 2 rings (SSSR count). The molecule has 0 heterocycles. The van der Waals surface area contributed by atoms with E-state index >= 15 is 0 Å². The number of halogens is 1. The summed E-state index contributed by atoms with van der Waals surface area (Å²) in [6, 6.07) is 13.0. The van der Waals surface area contributed by atoms with E-state index in [0.29, 0.717) is 17.7 Å². The molecule has 9 nitrogen and oxygen atoms in total. The normalized spacial score (nSPS) is 8.79. The number of rotatable bonds is 5. The molecule has 156 valence electrons. The van der Waals surface area contributed by atoms with Gasteiger partial charge in [-0.2, -0.15) is 0 Å². The van der Waals surface area contributed by atoms with E-state index in [4.69, 9.17) is 25.4 Å². The largest absolute Gasteiger partial charge is 0.462 e. The van der Waals surface area contributed by atoms with Gasteiger partial charge in [0.1, 0.15) is 0 Å². The van der Waals surface area contributed by atoms with Gasteiger partial charge in [-0.15, -0.1) is 12.4 Å². The van der Waals surface area contributed by atoms with Crippen molar-refractivity contribution in [1.29, 1.82) is 0 Å². The number of nitrogens with two attached hydrogens (primary N) is 1. The predicted molar refractivity (Wildman–Crippen MR) is 103 cm³/mol. The van der Waals surface area contributed by atoms with E-state index < -0.39 is 5.91 Å². The molecule has 2 aromatic rings. The SMILES string of the molecule is CCOC(=O)c1ccc(CO)cc1.Cl.NO.O=C(NO)c1ccc(CO)cc1. The molecule has 0 aliphatic heterocycles. The number of carbonyl (C=O) groups is 2. The number of ether oxygens (including phenoxy) is 1. The number of hydrogen-bond donors (Lipinski definition) is 6. The van der Waals surface area contributed by atoms with Crippen molar-refractivity contribution >= 4 is 24.3 Å². The highest BCUT2D eigenvalue weighted by molar-refractivity contribution is 5.93. The van der Waals surface area contributed by atoms with Crippen LogP contribution in [-0.2, 0) is 18.0 Å². The third-order valence-corrected chi connectivity index (χ3v) is 3.15. The fourth-order valence-corrected chi connectivity index (χ4v) is 1.79. The molecule has 0 bridgehead atoms. The van der Waals surface area contributed by atoms with Crippen LogP contribution in [-0.4, -0.2) is 39.1 Å². The van der Waals surface area contributed by atoms with Crippen LogP contribution in [0, 0.1) is 0 Å². The second-order valence-electron chi connectivity index (χ2n) is 4.87. The molecule has 7 N–H and O–H groups in total. The molecular weight excluding hydrogens is 392 g/mol. The highest BCUT2D eigenvalue weighted by Crippen LogP contribution is 2.05. The van der Waals surface area contributed by atoms with Crippen LogP contribution in [0.1, 0.15) is 38.8 Å². The van der Waals surface area contributed by atoms with Gasteiger partial charge in [0, 0.05) is 5.56 Å². The van der Waals surface area contributed by atoms with Crippen LogP contribution < -0.4 is 11.4 Å². The molecule has 0 atom stereocenters. The Hall–Kier alpha value is -2.53. The van der Waals surface area contributed by atoms with E-state index in [0.717, 1.165) is 11.1 Å². The molecule has 28 heavy (non-hydrogen) atoms. The summed E-state index contributed by atoms with van der Waals surface area (Å²) in [6.07, 6.45) is 0. The Balaban J connectivity index is 0. The van der Waals surface area contributed by atoms with Crippen molar-refractivity contribution in [3.05, 3.63) is 70.8 Å². The molecule has 0 saturated heterocycles. The van der Waals surface area contributed by atoms with Crippen molar-refractivity contribution in [2.75, 3.05) is 6.61 Å².